The van der Waals surface area contributed by atoms with E-state index in [1.54, 1.807) is 12.3 Å². The molecule has 1 rings (SSSR count). The number of amides is 1. The molecule has 0 saturated carbocycles. The van der Waals surface area contributed by atoms with E-state index in [9.17, 15) is 9.00 Å². The van der Waals surface area contributed by atoms with Crippen molar-refractivity contribution in [2.75, 3.05) is 25.2 Å². The van der Waals surface area contributed by atoms with Gasteiger partial charge in [0.2, 0.25) is 0 Å². The predicted molar refractivity (Wildman–Crippen MR) is 71.8 cm³/mol. The Hall–Kier alpha value is -1.40. The lowest BCUT2D eigenvalue weighted by Gasteiger charge is -2.10. The van der Waals surface area contributed by atoms with E-state index in [4.69, 9.17) is 10.5 Å². The first kappa shape index (κ1) is 14.7. The average molecular weight is 270 g/mol. The highest BCUT2D eigenvalue weighted by Gasteiger charge is 2.05. The largest absolute Gasteiger partial charge is 0.483 e. The third-order valence-corrected chi connectivity index (χ3v) is 3.04. The van der Waals surface area contributed by atoms with Gasteiger partial charge < -0.3 is 15.8 Å². The number of rotatable bonds is 7. The van der Waals surface area contributed by atoms with Crippen LogP contribution in [0.15, 0.2) is 24.3 Å². The number of carbonyl (C=O) groups is 1. The van der Waals surface area contributed by atoms with E-state index < -0.39 is 10.8 Å². The Morgan fingerprint density at radius 3 is 2.83 bits per heavy atom. The molecule has 1 aromatic rings. The maximum absolute atomic E-state index is 11.4. The van der Waals surface area contributed by atoms with Crippen LogP contribution < -0.4 is 15.8 Å². The zero-order valence-electron chi connectivity index (χ0n) is 10.3. The van der Waals surface area contributed by atoms with Crippen molar-refractivity contribution in [2.24, 2.45) is 5.73 Å². The third kappa shape index (κ3) is 5.29. The van der Waals surface area contributed by atoms with E-state index in [1.807, 2.05) is 18.2 Å². The molecule has 0 heterocycles. The zero-order chi connectivity index (χ0) is 13.4. The van der Waals surface area contributed by atoms with Crippen LogP contribution in [-0.2, 0) is 22.1 Å². The van der Waals surface area contributed by atoms with Crippen LogP contribution in [0.25, 0.3) is 0 Å². The summed E-state index contributed by atoms with van der Waals surface area (Å²) >= 11 is 0. The number of para-hydroxylation sites is 1. The van der Waals surface area contributed by atoms with Gasteiger partial charge in [-0.25, -0.2) is 0 Å². The quantitative estimate of drug-likeness (QED) is 0.732. The van der Waals surface area contributed by atoms with Gasteiger partial charge in [0.25, 0.3) is 5.91 Å². The second-order valence-corrected chi connectivity index (χ2v) is 5.28. The van der Waals surface area contributed by atoms with Gasteiger partial charge in [0.15, 0.2) is 6.61 Å². The smallest absolute Gasteiger partial charge is 0.257 e. The Kier molecular flexibility index (Phi) is 6.38. The van der Waals surface area contributed by atoms with Crippen molar-refractivity contribution in [3.05, 3.63) is 29.8 Å². The van der Waals surface area contributed by atoms with E-state index >= 15 is 0 Å². The summed E-state index contributed by atoms with van der Waals surface area (Å²) in [6.07, 6.45) is 1.60. The van der Waals surface area contributed by atoms with Crippen LogP contribution in [0.2, 0.25) is 0 Å². The van der Waals surface area contributed by atoms with Gasteiger partial charge in [-0.1, -0.05) is 18.2 Å². The van der Waals surface area contributed by atoms with Crippen LogP contribution in [-0.4, -0.2) is 35.3 Å². The van der Waals surface area contributed by atoms with E-state index in [0.717, 1.165) is 5.56 Å². The number of hydrogen-bond acceptors (Lipinski definition) is 4. The van der Waals surface area contributed by atoms with E-state index in [1.165, 1.54) is 0 Å². The Balaban J connectivity index is 2.35. The number of nitrogens with two attached hydrogens (primary N) is 1. The molecule has 1 unspecified atom stereocenters. The molecule has 100 valence electrons. The molecule has 5 nitrogen and oxygen atoms in total. The summed E-state index contributed by atoms with van der Waals surface area (Å²) in [7, 11) is -0.899. The number of benzene rings is 1. The van der Waals surface area contributed by atoms with Crippen molar-refractivity contribution in [2.45, 2.75) is 6.54 Å². The molecular formula is C12H18N2O3S. The second-order valence-electron chi connectivity index (χ2n) is 3.73. The molecule has 0 aliphatic carbocycles. The highest BCUT2D eigenvalue weighted by Crippen LogP contribution is 2.16. The van der Waals surface area contributed by atoms with Crippen LogP contribution >= 0.6 is 0 Å². The Labute approximate surface area is 109 Å². The fourth-order valence-corrected chi connectivity index (χ4v) is 1.73. The van der Waals surface area contributed by atoms with Gasteiger partial charge in [0.05, 0.1) is 0 Å². The van der Waals surface area contributed by atoms with Gasteiger partial charge >= 0.3 is 0 Å². The van der Waals surface area contributed by atoms with Gasteiger partial charge in [0.1, 0.15) is 5.75 Å². The van der Waals surface area contributed by atoms with Gasteiger partial charge in [-0.3, -0.25) is 9.00 Å². The van der Waals surface area contributed by atoms with Crippen LogP contribution in [0.5, 0.6) is 5.75 Å². The molecule has 1 aromatic carbocycles. The molecule has 0 bridgehead atoms. The van der Waals surface area contributed by atoms with Crippen LogP contribution in [0.3, 0.4) is 0 Å². The first-order chi connectivity index (χ1) is 8.63. The lowest BCUT2D eigenvalue weighted by Crippen LogP contribution is -2.32. The monoisotopic (exact) mass is 270 g/mol. The molecule has 1 amide bonds. The number of carbonyl (C=O) groups excluding carboxylic acids is 1. The zero-order valence-corrected chi connectivity index (χ0v) is 11.2. The molecule has 0 spiro atoms. The highest BCUT2D eigenvalue weighted by molar-refractivity contribution is 7.84. The summed E-state index contributed by atoms with van der Waals surface area (Å²) in [5, 5.41) is 2.63. The number of nitrogens with one attached hydrogen (secondary N) is 1. The maximum Gasteiger partial charge on any atom is 0.257 e. The van der Waals surface area contributed by atoms with E-state index in [0.29, 0.717) is 24.6 Å². The number of hydrogen-bond donors (Lipinski definition) is 2. The molecule has 0 aliphatic heterocycles. The minimum atomic E-state index is -0.899. The van der Waals surface area contributed by atoms with Crippen molar-refractivity contribution in [3.8, 4) is 5.75 Å². The van der Waals surface area contributed by atoms with E-state index in [-0.39, 0.29) is 12.5 Å². The SMILES string of the molecule is CS(=O)CCNC(=O)COc1ccccc1CN. The molecule has 0 aromatic heterocycles. The van der Waals surface area contributed by atoms with Crippen molar-refractivity contribution < 1.29 is 13.7 Å². The first-order valence-corrected chi connectivity index (χ1v) is 7.33. The lowest BCUT2D eigenvalue weighted by molar-refractivity contribution is -0.122. The van der Waals surface area contributed by atoms with Crippen molar-refractivity contribution in [3.63, 3.8) is 0 Å². The summed E-state index contributed by atoms with van der Waals surface area (Å²) in [4.78, 5) is 11.4. The van der Waals surface area contributed by atoms with Crippen LogP contribution in [0, 0.1) is 0 Å². The second kappa shape index (κ2) is 7.84. The fourth-order valence-electron chi connectivity index (χ4n) is 1.34. The van der Waals surface area contributed by atoms with Crippen molar-refractivity contribution >= 4 is 16.7 Å². The van der Waals surface area contributed by atoms with Crippen molar-refractivity contribution in [1.29, 1.82) is 0 Å². The Bertz CT molecular complexity index is 424. The van der Waals surface area contributed by atoms with Gasteiger partial charge in [-0.2, -0.15) is 0 Å². The summed E-state index contributed by atoms with van der Waals surface area (Å²) < 4.78 is 16.2. The molecule has 18 heavy (non-hydrogen) atoms. The molecule has 0 radical (unpaired) electrons. The molecule has 6 heteroatoms. The topological polar surface area (TPSA) is 81.4 Å². The van der Waals surface area contributed by atoms with Gasteiger partial charge in [0, 0.05) is 41.5 Å². The predicted octanol–water partition coefficient (Wildman–Crippen LogP) is 0.0188. The summed E-state index contributed by atoms with van der Waals surface area (Å²) in [5.74, 6) is 0.840. The minimum absolute atomic E-state index is 0.0621. The fraction of sp³-hybridized carbons (Fsp3) is 0.417. The minimum Gasteiger partial charge on any atom is -0.483 e. The normalized spacial score (nSPS) is 11.9. The van der Waals surface area contributed by atoms with Crippen LogP contribution in [0.1, 0.15) is 5.56 Å². The van der Waals surface area contributed by atoms with Gasteiger partial charge in [-0.15, -0.1) is 0 Å². The standard InChI is InChI=1S/C12H18N2O3S/c1-18(16)7-6-14-12(15)9-17-11-5-3-2-4-10(11)8-13/h2-5H,6-9,13H2,1H3,(H,14,15). The molecule has 0 fully saturated rings. The van der Waals surface area contributed by atoms with Crippen molar-refractivity contribution in [1.82, 2.24) is 5.32 Å². The summed E-state index contributed by atoms with van der Waals surface area (Å²) in [6.45, 7) is 0.698. The Morgan fingerprint density at radius 1 is 1.44 bits per heavy atom. The summed E-state index contributed by atoms with van der Waals surface area (Å²) in [5.41, 5.74) is 6.42. The maximum atomic E-state index is 11.4. The molecular weight excluding hydrogens is 252 g/mol. The first-order valence-electron chi connectivity index (χ1n) is 5.61. The highest BCUT2D eigenvalue weighted by atomic mass is 32.2. The third-order valence-electron chi connectivity index (χ3n) is 2.26. The van der Waals surface area contributed by atoms with Crippen LogP contribution in [0.4, 0.5) is 0 Å². The molecule has 3 N–H and O–H groups in total. The number of ether oxygens (including phenoxy) is 1. The van der Waals surface area contributed by atoms with E-state index in [2.05, 4.69) is 5.32 Å². The van der Waals surface area contributed by atoms with Gasteiger partial charge in [-0.05, 0) is 6.07 Å². The average Bonchev–Trinajstić information content (AvgIpc) is 2.36. The Morgan fingerprint density at radius 2 is 2.17 bits per heavy atom. The summed E-state index contributed by atoms with van der Waals surface area (Å²) in [6, 6.07) is 7.32. The molecule has 0 saturated heterocycles. The lowest BCUT2D eigenvalue weighted by atomic mass is 10.2. The molecule has 1 atom stereocenters. The molecule has 0 aliphatic rings.